The summed E-state index contributed by atoms with van der Waals surface area (Å²) in [5, 5.41) is 18.7. The number of aromatic nitrogens is 3. The van der Waals surface area contributed by atoms with E-state index >= 15 is 0 Å². The van der Waals surface area contributed by atoms with Crippen molar-refractivity contribution in [2.75, 3.05) is 13.1 Å². The average molecular weight is 318 g/mol. The summed E-state index contributed by atoms with van der Waals surface area (Å²) < 4.78 is 7.06. The second kappa shape index (κ2) is 6.54. The number of piperidine rings is 1. The molecule has 1 amide bonds. The Morgan fingerprint density at radius 2 is 2.39 bits per heavy atom. The quantitative estimate of drug-likeness (QED) is 0.887. The van der Waals surface area contributed by atoms with E-state index in [1.54, 1.807) is 22.1 Å². The Morgan fingerprint density at radius 1 is 1.52 bits per heavy atom. The molecule has 0 saturated carbocycles. The summed E-state index contributed by atoms with van der Waals surface area (Å²) in [4.78, 5) is 14.1. The first-order valence-corrected chi connectivity index (χ1v) is 7.91. The molecule has 1 saturated heterocycles. The third kappa shape index (κ3) is 3.79. The van der Waals surface area contributed by atoms with Crippen molar-refractivity contribution in [1.29, 1.82) is 0 Å². The Kier molecular flexibility index (Phi) is 4.47. The Morgan fingerprint density at radius 3 is 3.09 bits per heavy atom. The highest BCUT2D eigenvalue weighted by Crippen LogP contribution is 2.25. The molecule has 0 aliphatic carbocycles. The third-order valence-electron chi connectivity index (χ3n) is 4.37. The highest BCUT2D eigenvalue weighted by molar-refractivity contribution is 5.76. The van der Waals surface area contributed by atoms with Gasteiger partial charge in [-0.3, -0.25) is 4.79 Å². The summed E-state index contributed by atoms with van der Waals surface area (Å²) in [5.74, 6) is 1.60. The molecule has 0 bridgehead atoms. The number of β-amino-alcohol motifs (C(OH)–C–C–N with tert-alkyl or cyclic N) is 1. The van der Waals surface area contributed by atoms with Crippen molar-refractivity contribution in [3.05, 3.63) is 36.3 Å². The van der Waals surface area contributed by atoms with Gasteiger partial charge in [0, 0.05) is 39.4 Å². The number of hydrogen-bond acceptors (Lipinski definition) is 5. The van der Waals surface area contributed by atoms with Gasteiger partial charge in [-0.2, -0.15) is 0 Å². The summed E-state index contributed by atoms with van der Waals surface area (Å²) in [7, 11) is 1.85. The fourth-order valence-corrected chi connectivity index (χ4v) is 3.07. The lowest BCUT2D eigenvalue weighted by molar-refractivity contribution is -0.138. The summed E-state index contributed by atoms with van der Waals surface area (Å²) in [6, 6.07) is 3.69. The molecule has 1 aliphatic heterocycles. The molecule has 1 atom stereocenters. The van der Waals surface area contributed by atoms with Gasteiger partial charge >= 0.3 is 0 Å². The lowest BCUT2D eigenvalue weighted by Crippen LogP contribution is -2.51. The molecule has 2 aromatic heterocycles. The maximum atomic E-state index is 12.4. The van der Waals surface area contributed by atoms with E-state index in [0.717, 1.165) is 18.0 Å². The number of aryl methyl sites for hydroxylation is 2. The average Bonchev–Trinajstić information content (AvgIpc) is 3.17. The van der Waals surface area contributed by atoms with Gasteiger partial charge in [-0.15, -0.1) is 10.2 Å². The number of amides is 1. The molecule has 0 aromatic carbocycles. The van der Waals surface area contributed by atoms with Gasteiger partial charge in [0.25, 0.3) is 0 Å². The number of rotatable bonds is 5. The molecule has 3 rings (SSSR count). The molecule has 7 nitrogen and oxygen atoms in total. The first-order chi connectivity index (χ1) is 11.1. The largest absolute Gasteiger partial charge is 0.469 e. The highest BCUT2D eigenvalue weighted by Gasteiger charge is 2.36. The Hall–Kier alpha value is -2.15. The molecule has 1 aliphatic rings. The van der Waals surface area contributed by atoms with E-state index in [4.69, 9.17) is 4.42 Å². The summed E-state index contributed by atoms with van der Waals surface area (Å²) >= 11 is 0. The van der Waals surface area contributed by atoms with E-state index in [0.29, 0.717) is 38.8 Å². The van der Waals surface area contributed by atoms with Crippen molar-refractivity contribution in [3.63, 3.8) is 0 Å². The zero-order valence-electron chi connectivity index (χ0n) is 13.3. The van der Waals surface area contributed by atoms with Gasteiger partial charge in [-0.05, 0) is 25.0 Å². The number of hydrogen-bond donors (Lipinski definition) is 1. The minimum atomic E-state index is -0.931. The Labute approximate surface area is 134 Å². The van der Waals surface area contributed by atoms with E-state index in [2.05, 4.69) is 10.2 Å². The van der Waals surface area contributed by atoms with E-state index in [1.807, 2.05) is 19.2 Å². The van der Waals surface area contributed by atoms with E-state index in [9.17, 15) is 9.90 Å². The topological polar surface area (TPSA) is 84.4 Å². The van der Waals surface area contributed by atoms with Crippen LogP contribution in [0.15, 0.2) is 29.1 Å². The van der Waals surface area contributed by atoms with Crippen LogP contribution in [0.25, 0.3) is 0 Å². The SMILES string of the molecule is Cn1cnnc1CC1(O)CCCN(C(=O)CCc2ccco2)C1. The summed E-state index contributed by atoms with van der Waals surface area (Å²) in [5.41, 5.74) is -0.931. The Balaban J connectivity index is 1.58. The minimum Gasteiger partial charge on any atom is -0.469 e. The predicted octanol–water partition coefficient (Wildman–Crippen LogP) is 0.937. The summed E-state index contributed by atoms with van der Waals surface area (Å²) in [6.07, 6.45) is 6.08. The van der Waals surface area contributed by atoms with Gasteiger partial charge in [-0.25, -0.2) is 0 Å². The normalized spacial score (nSPS) is 21.6. The molecule has 124 valence electrons. The van der Waals surface area contributed by atoms with Crippen LogP contribution in [-0.4, -0.2) is 49.4 Å². The van der Waals surface area contributed by atoms with Crippen LogP contribution >= 0.6 is 0 Å². The van der Waals surface area contributed by atoms with E-state index < -0.39 is 5.60 Å². The van der Waals surface area contributed by atoms with Crippen LogP contribution in [0.4, 0.5) is 0 Å². The fraction of sp³-hybridized carbons (Fsp3) is 0.562. The molecular formula is C16H22N4O3. The Bertz CT molecular complexity index is 652. The van der Waals surface area contributed by atoms with Gasteiger partial charge in [0.2, 0.25) is 5.91 Å². The zero-order valence-corrected chi connectivity index (χ0v) is 13.3. The molecule has 3 heterocycles. The first kappa shape index (κ1) is 15.7. The molecule has 7 heteroatoms. The molecule has 1 unspecified atom stereocenters. The van der Waals surface area contributed by atoms with Crippen LogP contribution in [0.5, 0.6) is 0 Å². The molecule has 1 N–H and O–H groups in total. The minimum absolute atomic E-state index is 0.0532. The van der Waals surface area contributed by atoms with Crippen LogP contribution in [-0.2, 0) is 24.7 Å². The third-order valence-corrected chi connectivity index (χ3v) is 4.37. The predicted molar refractivity (Wildman–Crippen MR) is 82.5 cm³/mol. The van der Waals surface area contributed by atoms with Crippen LogP contribution < -0.4 is 0 Å². The first-order valence-electron chi connectivity index (χ1n) is 7.91. The van der Waals surface area contributed by atoms with Crippen molar-refractivity contribution in [2.24, 2.45) is 7.05 Å². The number of likely N-dealkylation sites (tertiary alicyclic amines) is 1. The molecular weight excluding hydrogens is 296 g/mol. The van der Waals surface area contributed by atoms with Crippen LogP contribution in [0.2, 0.25) is 0 Å². The zero-order chi connectivity index (χ0) is 16.3. The van der Waals surface area contributed by atoms with Crippen LogP contribution in [0.3, 0.4) is 0 Å². The number of aliphatic hydroxyl groups is 1. The highest BCUT2D eigenvalue weighted by atomic mass is 16.3. The van der Waals surface area contributed by atoms with Gasteiger partial charge in [0.1, 0.15) is 17.9 Å². The van der Waals surface area contributed by atoms with Crippen molar-refractivity contribution >= 4 is 5.91 Å². The number of furan rings is 1. The van der Waals surface area contributed by atoms with Gasteiger partial charge in [-0.1, -0.05) is 0 Å². The lowest BCUT2D eigenvalue weighted by atomic mass is 9.89. The maximum absolute atomic E-state index is 12.4. The molecule has 0 spiro atoms. The number of carbonyl (C=O) groups is 1. The second-order valence-electron chi connectivity index (χ2n) is 6.26. The number of carbonyl (C=O) groups excluding carboxylic acids is 1. The van der Waals surface area contributed by atoms with Crippen molar-refractivity contribution in [2.45, 2.75) is 37.7 Å². The molecule has 0 radical (unpaired) electrons. The fourth-order valence-electron chi connectivity index (χ4n) is 3.07. The second-order valence-corrected chi connectivity index (χ2v) is 6.26. The van der Waals surface area contributed by atoms with Gasteiger partial charge < -0.3 is 19.0 Å². The monoisotopic (exact) mass is 318 g/mol. The van der Waals surface area contributed by atoms with Crippen molar-refractivity contribution in [1.82, 2.24) is 19.7 Å². The lowest BCUT2D eigenvalue weighted by Gasteiger charge is -2.39. The maximum Gasteiger partial charge on any atom is 0.223 e. The van der Waals surface area contributed by atoms with Gasteiger partial charge in [0.05, 0.1) is 11.9 Å². The smallest absolute Gasteiger partial charge is 0.223 e. The van der Waals surface area contributed by atoms with Crippen molar-refractivity contribution < 1.29 is 14.3 Å². The van der Waals surface area contributed by atoms with E-state index in [1.165, 1.54) is 0 Å². The molecule has 2 aromatic rings. The molecule has 23 heavy (non-hydrogen) atoms. The van der Waals surface area contributed by atoms with Crippen LogP contribution in [0, 0.1) is 0 Å². The molecule has 1 fully saturated rings. The number of nitrogens with zero attached hydrogens (tertiary/aromatic N) is 4. The van der Waals surface area contributed by atoms with Crippen molar-refractivity contribution in [3.8, 4) is 0 Å². The van der Waals surface area contributed by atoms with Gasteiger partial charge in [0.15, 0.2) is 0 Å². The standard InChI is InChI=1S/C16H22N4O3/c1-19-12-17-18-14(19)10-16(22)7-3-8-20(11-16)15(21)6-5-13-4-2-9-23-13/h2,4,9,12,22H,3,5-8,10-11H2,1H3. The summed E-state index contributed by atoms with van der Waals surface area (Å²) in [6.45, 7) is 1.04. The van der Waals surface area contributed by atoms with E-state index in [-0.39, 0.29) is 5.91 Å². The van der Waals surface area contributed by atoms with Crippen LogP contribution in [0.1, 0.15) is 30.8 Å².